The highest BCUT2D eigenvalue weighted by molar-refractivity contribution is 4.85. The van der Waals surface area contributed by atoms with Gasteiger partial charge >= 0.3 is 0 Å². The van der Waals surface area contributed by atoms with Gasteiger partial charge in [0.05, 0.1) is 18.8 Å². The molecule has 0 saturated carbocycles. The van der Waals surface area contributed by atoms with Crippen molar-refractivity contribution in [2.24, 2.45) is 5.41 Å². The van der Waals surface area contributed by atoms with E-state index in [1.165, 1.54) is 0 Å². The Balaban J connectivity index is 3.95. The summed E-state index contributed by atoms with van der Waals surface area (Å²) in [4.78, 5) is 0. The Labute approximate surface area is 87.5 Å². The minimum Gasteiger partial charge on any atom is -0.394 e. The van der Waals surface area contributed by atoms with E-state index < -0.39 is 5.54 Å². The lowest BCUT2D eigenvalue weighted by Gasteiger charge is -2.31. The monoisotopic (exact) mass is 203 g/mol. The lowest BCUT2D eigenvalue weighted by Crippen LogP contribution is -2.51. The van der Waals surface area contributed by atoms with Gasteiger partial charge in [-0.05, 0) is 24.8 Å². The molecule has 3 heteroatoms. The largest absolute Gasteiger partial charge is 0.394 e. The van der Waals surface area contributed by atoms with E-state index in [4.69, 9.17) is 0 Å². The molecule has 0 aliphatic carbocycles. The van der Waals surface area contributed by atoms with E-state index in [2.05, 4.69) is 26.1 Å². The van der Waals surface area contributed by atoms with E-state index in [0.29, 0.717) is 0 Å². The average molecular weight is 203 g/mol. The summed E-state index contributed by atoms with van der Waals surface area (Å²) in [5.74, 6) is 0. The Bertz CT molecular complexity index is 140. The van der Waals surface area contributed by atoms with Crippen LogP contribution in [-0.4, -0.2) is 35.5 Å². The second-order valence-corrected chi connectivity index (χ2v) is 5.19. The summed E-state index contributed by atoms with van der Waals surface area (Å²) in [6.07, 6.45) is 1.78. The first-order valence-electron chi connectivity index (χ1n) is 5.36. The number of hydrogen-bond donors (Lipinski definition) is 3. The summed E-state index contributed by atoms with van der Waals surface area (Å²) in [7, 11) is 0. The molecule has 86 valence electrons. The maximum atomic E-state index is 9.18. The van der Waals surface area contributed by atoms with Gasteiger partial charge in [-0.1, -0.05) is 27.7 Å². The quantitative estimate of drug-likeness (QED) is 0.607. The van der Waals surface area contributed by atoms with Gasteiger partial charge in [0.2, 0.25) is 0 Å². The minimum atomic E-state index is -0.495. The number of nitrogens with one attached hydrogen (secondary N) is 1. The third kappa shape index (κ3) is 4.94. The Kier molecular flexibility index (Phi) is 5.64. The van der Waals surface area contributed by atoms with Gasteiger partial charge < -0.3 is 15.5 Å². The second-order valence-electron chi connectivity index (χ2n) is 5.19. The zero-order valence-corrected chi connectivity index (χ0v) is 9.93. The van der Waals surface area contributed by atoms with Gasteiger partial charge in [-0.2, -0.15) is 0 Å². The molecule has 0 aliphatic heterocycles. The Hall–Kier alpha value is -0.120. The maximum Gasteiger partial charge on any atom is 0.0645 e. The molecule has 3 N–H and O–H groups in total. The molecule has 0 atom stereocenters. The topological polar surface area (TPSA) is 52.5 Å². The van der Waals surface area contributed by atoms with Crippen LogP contribution in [0.15, 0.2) is 0 Å². The Morgan fingerprint density at radius 3 is 1.86 bits per heavy atom. The smallest absolute Gasteiger partial charge is 0.0645 e. The fraction of sp³-hybridized carbons (Fsp3) is 1.00. The van der Waals surface area contributed by atoms with Crippen molar-refractivity contribution >= 4 is 0 Å². The van der Waals surface area contributed by atoms with Gasteiger partial charge in [-0.3, -0.25) is 0 Å². The van der Waals surface area contributed by atoms with Crippen LogP contribution in [0, 0.1) is 5.41 Å². The predicted octanol–water partition coefficient (Wildman–Crippen LogP) is 1.15. The average Bonchev–Trinajstić information content (AvgIpc) is 2.11. The molecule has 0 aromatic heterocycles. The molecule has 0 radical (unpaired) electrons. The van der Waals surface area contributed by atoms with Crippen molar-refractivity contribution in [3.05, 3.63) is 0 Å². The van der Waals surface area contributed by atoms with Gasteiger partial charge in [0.25, 0.3) is 0 Å². The fourth-order valence-electron chi connectivity index (χ4n) is 1.21. The molecule has 0 rings (SSSR count). The van der Waals surface area contributed by atoms with Crippen molar-refractivity contribution in [2.45, 2.75) is 46.1 Å². The van der Waals surface area contributed by atoms with Gasteiger partial charge in [-0.15, -0.1) is 0 Å². The summed E-state index contributed by atoms with van der Waals surface area (Å²) in [6.45, 7) is 9.32. The highest BCUT2D eigenvalue weighted by atomic mass is 16.3. The predicted molar refractivity (Wildman–Crippen MR) is 59.3 cm³/mol. The fourth-order valence-corrected chi connectivity index (χ4v) is 1.21. The highest BCUT2D eigenvalue weighted by Gasteiger charge is 2.25. The second kappa shape index (κ2) is 5.69. The van der Waals surface area contributed by atoms with Crippen LogP contribution >= 0.6 is 0 Å². The van der Waals surface area contributed by atoms with E-state index >= 15 is 0 Å². The van der Waals surface area contributed by atoms with E-state index in [1.807, 2.05) is 6.92 Å². The molecule has 0 aromatic rings. The number of aliphatic hydroxyl groups is 2. The molecular formula is C11H25NO2. The first-order valence-corrected chi connectivity index (χ1v) is 5.36. The summed E-state index contributed by atoms with van der Waals surface area (Å²) < 4.78 is 0. The first kappa shape index (κ1) is 13.9. The van der Waals surface area contributed by atoms with Crippen molar-refractivity contribution in [2.75, 3.05) is 19.8 Å². The molecule has 0 aromatic carbocycles. The SMILES string of the molecule is CCC(CO)(CO)NCCC(C)(C)C. The third-order valence-corrected chi connectivity index (χ3v) is 2.66. The Morgan fingerprint density at radius 1 is 1.07 bits per heavy atom. The standard InChI is InChI=1S/C11H25NO2/c1-5-11(8-13,9-14)12-7-6-10(2,3)4/h12-14H,5-9H2,1-4H3. The molecule has 0 bridgehead atoms. The summed E-state index contributed by atoms with van der Waals surface area (Å²) >= 11 is 0. The molecule has 0 unspecified atom stereocenters. The maximum absolute atomic E-state index is 9.18. The van der Waals surface area contributed by atoms with Crippen molar-refractivity contribution < 1.29 is 10.2 Å². The molecule has 0 spiro atoms. The van der Waals surface area contributed by atoms with Crippen LogP contribution in [0.5, 0.6) is 0 Å². The van der Waals surface area contributed by atoms with E-state index in [0.717, 1.165) is 19.4 Å². The molecular weight excluding hydrogens is 178 g/mol. The zero-order valence-electron chi connectivity index (χ0n) is 9.93. The molecule has 14 heavy (non-hydrogen) atoms. The van der Waals surface area contributed by atoms with Crippen LogP contribution in [0.4, 0.5) is 0 Å². The van der Waals surface area contributed by atoms with Crippen LogP contribution in [0.25, 0.3) is 0 Å². The van der Waals surface area contributed by atoms with Crippen molar-refractivity contribution in [3.8, 4) is 0 Å². The normalized spacial score (nSPS) is 13.3. The number of hydrogen-bond acceptors (Lipinski definition) is 3. The summed E-state index contributed by atoms with van der Waals surface area (Å²) in [5.41, 5.74) is -0.206. The van der Waals surface area contributed by atoms with Crippen LogP contribution in [0.1, 0.15) is 40.5 Å². The Morgan fingerprint density at radius 2 is 1.57 bits per heavy atom. The zero-order chi connectivity index (χ0) is 11.2. The molecule has 0 aliphatic rings. The van der Waals surface area contributed by atoms with Crippen molar-refractivity contribution in [3.63, 3.8) is 0 Å². The molecule has 3 nitrogen and oxygen atoms in total. The molecule has 0 saturated heterocycles. The molecule has 0 amide bonds. The lowest BCUT2D eigenvalue weighted by molar-refractivity contribution is 0.0852. The van der Waals surface area contributed by atoms with E-state index in [-0.39, 0.29) is 18.6 Å². The van der Waals surface area contributed by atoms with Crippen LogP contribution in [0.3, 0.4) is 0 Å². The van der Waals surface area contributed by atoms with Crippen LogP contribution in [0.2, 0.25) is 0 Å². The van der Waals surface area contributed by atoms with Crippen molar-refractivity contribution in [1.29, 1.82) is 0 Å². The van der Waals surface area contributed by atoms with Gasteiger partial charge in [-0.25, -0.2) is 0 Å². The molecule has 0 fully saturated rings. The van der Waals surface area contributed by atoms with Crippen molar-refractivity contribution in [1.82, 2.24) is 5.32 Å². The van der Waals surface area contributed by atoms with Crippen LogP contribution in [-0.2, 0) is 0 Å². The third-order valence-electron chi connectivity index (χ3n) is 2.66. The van der Waals surface area contributed by atoms with Gasteiger partial charge in [0.1, 0.15) is 0 Å². The van der Waals surface area contributed by atoms with Crippen LogP contribution < -0.4 is 5.32 Å². The summed E-state index contributed by atoms with van der Waals surface area (Å²) in [5, 5.41) is 21.6. The lowest BCUT2D eigenvalue weighted by atomic mass is 9.91. The number of aliphatic hydroxyl groups excluding tert-OH is 2. The number of rotatable bonds is 6. The first-order chi connectivity index (χ1) is 6.39. The van der Waals surface area contributed by atoms with Gasteiger partial charge in [0, 0.05) is 0 Å². The molecule has 0 heterocycles. The summed E-state index contributed by atoms with van der Waals surface area (Å²) in [6, 6.07) is 0. The van der Waals surface area contributed by atoms with E-state index in [9.17, 15) is 10.2 Å². The highest BCUT2D eigenvalue weighted by Crippen LogP contribution is 2.18. The van der Waals surface area contributed by atoms with Gasteiger partial charge in [0.15, 0.2) is 0 Å². The van der Waals surface area contributed by atoms with E-state index in [1.54, 1.807) is 0 Å². The minimum absolute atomic E-state index is 0.00978.